The van der Waals surface area contributed by atoms with Crippen LogP contribution in [0.2, 0.25) is 5.02 Å². The van der Waals surface area contributed by atoms with Crippen LogP contribution in [0.3, 0.4) is 0 Å². The van der Waals surface area contributed by atoms with Crippen LogP contribution in [0.1, 0.15) is 27.8 Å². The van der Waals surface area contributed by atoms with Crippen molar-refractivity contribution in [1.29, 1.82) is 0 Å². The summed E-state index contributed by atoms with van der Waals surface area (Å²) >= 11 is 5.91. The molecule has 2 rings (SSSR count). The molecule has 1 heterocycles. The first kappa shape index (κ1) is 16.6. The summed E-state index contributed by atoms with van der Waals surface area (Å²) in [6.45, 7) is 1.48. The Hall–Kier alpha value is -2.80. The lowest BCUT2D eigenvalue weighted by Gasteiger charge is -2.14. The Morgan fingerprint density at radius 1 is 1.04 bits per heavy atom. The normalized spacial score (nSPS) is 11.4. The number of carbonyl (C=O) groups excluding carboxylic acids is 3. The van der Waals surface area contributed by atoms with E-state index in [1.807, 2.05) is 0 Å². The molecule has 120 valence electrons. The zero-order valence-corrected chi connectivity index (χ0v) is 12.9. The monoisotopic (exact) mass is 335 g/mol. The fourth-order valence-corrected chi connectivity index (χ4v) is 1.90. The molecule has 0 radical (unpaired) electrons. The smallest absolute Gasteiger partial charge is 0.305 e. The molecule has 8 heteroatoms. The number of halogens is 1. The maximum absolute atomic E-state index is 12.0. The molecule has 0 saturated heterocycles. The van der Waals surface area contributed by atoms with Crippen LogP contribution < -0.4 is 16.2 Å². The van der Waals surface area contributed by atoms with Crippen LogP contribution in [0.5, 0.6) is 0 Å². The summed E-state index contributed by atoms with van der Waals surface area (Å²) in [7, 11) is 0. The van der Waals surface area contributed by atoms with Gasteiger partial charge in [-0.15, -0.1) is 0 Å². The highest BCUT2D eigenvalue weighted by molar-refractivity contribution is 6.33. The van der Waals surface area contributed by atoms with Gasteiger partial charge in [-0.2, -0.15) is 0 Å². The van der Waals surface area contributed by atoms with Gasteiger partial charge in [-0.05, 0) is 31.2 Å². The summed E-state index contributed by atoms with van der Waals surface area (Å²) in [4.78, 5) is 35.5. The topological polar surface area (TPSA) is 100 Å². The van der Waals surface area contributed by atoms with E-state index in [0.29, 0.717) is 0 Å². The third kappa shape index (κ3) is 4.33. The first-order valence-corrected chi connectivity index (χ1v) is 7.06. The van der Waals surface area contributed by atoms with Gasteiger partial charge in [-0.25, -0.2) is 0 Å². The van der Waals surface area contributed by atoms with Gasteiger partial charge in [-0.1, -0.05) is 23.7 Å². The summed E-state index contributed by atoms with van der Waals surface area (Å²) in [5, 5.41) is 2.77. The zero-order valence-electron chi connectivity index (χ0n) is 12.1. The predicted molar refractivity (Wildman–Crippen MR) is 82.7 cm³/mol. The molecule has 23 heavy (non-hydrogen) atoms. The van der Waals surface area contributed by atoms with Gasteiger partial charge < -0.3 is 9.73 Å². The summed E-state index contributed by atoms with van der Waals surface area (Å²) in [5.41, 5.74) is 4.63. The Bertz CT molecular complexity index is 715. The van der Waals surface area contributed by atoms with Gasteiger partial charge >= 0.3 is 5.91 Å². The molecule has 0 aliphatic rings. The standard InChI is InChI=1S/C15H14ClN3O4/c1-9(17-14(21)10-5-2-3-6-11(10)16)13(20)18-19-15(22)12-7-4-8-23-12/h2-9H,1H3,(H,17,21)(H,18,20)(H,19,22). The first-order chi connectivity index (χ1) is 11.0. The number of hydrazine groups is 1. The lowest BCUT2D eigenvalue weighted by molar-refractivity contribution is -0.123. The van der Waals surface area contributed by atoms with Crippen LogP contribution in [-0.2, 0) is 4.79 Å². The van der Waals surface area contributed by atoms with Crippen LogP contribution in [0, 0.1) is 0 Å². The molecule has 1 aromatic heterocycles. The summed E-state index contributed by atoms with van der Waals surface area (Å²) < 4.78 is 4.88. The van der Waals surface area contributed by atoms with Gasteiger partial charge in [0.15, 0.2) is 5.76 Å². The predicted octanol–water partition coefficient (Wildman–Crippen LogP) is 1.51. The third-order valence-electron chi connectivity index (χ3n) is 2.90. The molecule has 0 fully saturated rings. The second kappa shape index (κ2) is 7.46. The van der Waals surface area contributed by atoms with Crippen molar-refractivity contribution < 1.29 is 18.8 Å². The highest BCUT2D eigenvalue weighted by atomic mass is 35.5. The maximum atomic E-state index is 12.0. The highest BCUT2D eigenvalue weighted by Crippen LogP contribution is 2.14. The van der Waals surface area contributed by atoms with E-state index in [4.69, 9.17) is 16.0 Å². The van der Waals surface area contributed by atoms with E-state index >= 15 is 0 Å². The number of benzene rings is 1. The first-order valence-electron chi connectivity index (χ1n) is 6.68. The molecular formula is C15H14ClN3O4. The summed E-state index contributed by atoms with van der Waals surface area (Å²) in [6.07, 6.45) is 1.34. The molecule has 1 aromatic carbocycles. The molecule has 1 atom stereocenters. The van der Waals surface area contributed by atoms with Crippen LogP contribution in [0.15, 0.2) is 47.1 Å². The number of nitrogens with one attached hydrogen (secondary N) is 3. The molecule has 0 bridgehead atoms. The molecule has 0 spiro atoms. The molecule has 3 N–H and O–H groups in total. The van der Waals surface area contributed by atoms with Crippen molar-refractivity contribution in [3.05, 3.63) is 59.0 Å². The largest absolute Gasteiger partial charge is 0.459 e. The number of hydrogen-bond donors (Lipinski definition) is 3. The average molecular weight is 336 g/mol. The van der Waals surface area contributed by atoms with Gasteiger partial charge in [0.2, 0.25) is 0 Å². The fourth-order valence-electron chi connectivity index (χ4n) is 1.68. The number of hydrogen-bond acceptors (Lipinski definition) is 4. The van der Waals surface area contributed by atoms with E-state index in [9.17, 15) is 14.4 Å². The zero-order chi connectivity index (χ0) is 16.8. The Balaban J connectivity index is 1.86. The Labute approximate surface area is 137 Å². The van der Waals surface area contributed by atoms with Crippen LogP contribution in [0.25, 0.3) is 0 Å². The summed E-state index contributed by atoms with van der Waals surface area (Å²) in [6, 6.07) is 8.59. The second-order valence-electron chi connectivity index (χ2n) is 4.60. The fraction of sp³-hybridized carbons (Fsp3) is 0.133. The molecular weight excluding hydrogens is 322 g/mol. The SMILES string of the molecule is CC(NC(=O)c1ccccc1Cl)C(=O)NNC(=O)c1ccco1. The quantitative estimate of drug-likeness (QED) is 0.737. The van der Waals surface area contributed by atoms with Gasteiger partial charge in [0.05, 0.1) is 16.8 Å². The number of carbonyl (C=O) groups is 3. The number of amides is 3. The van der Waals surface area contributed by atoms with Gasteiger partial charge in [-0.3, -0.25) is 25.2 Å². The molecule has 3 amide bonds. The number of rotatable bonds is 4. The Kier molecular flexibility index (Phi) is 5.37. The summed E-state index contributed by atoms with van der Waals surface area (Å²) in [5.74, 6) is -1.63. The molecule has 0 saturated carbocycles. The van der Waals surface area contributed by atoms with Gasteiger partial charge in [0.1, 0.15) is 6.04 Å². The molecule has 2 aromatic rings. The van der Waals surface area contributed by atoms with Crippen molar-refractivity contribution in [2.45, 2.75) is 13.0 Å². The Morgan fingerprint density at radius 2 is 1.78 bits per heavy atom. The van der Waals surface area contributed by atoms with Crippen molar-refractivity contribution in [3.63, 3.8) is 0 Å². The van der Waals surface area contributed by atoms with Crippen molar-refractivity contribution in [2.24, 2.45) is 0 Å². The van der Waals surface area contributed by atoms with Crippen LogP contribution in [0.4, 0.5) is 0 Å². The minimum atomic E-state index is -0.879. The minimum Gasteiger partial charge on any atom is -0.459 e. The van der Waals surface area contributed by atoms with E-state index in [1.165, 1.54) is 19.3 Å². The Morgan fingerprint density at radius 3 is 2.43 bits per heavy atom. The van der Waals surface area contributed by atoms with E-state index in [0.717, 1.165) is 0 Å². The van der Waals surface area contributed by atoms with Crippen molar-refractivity contribution >= 4 is 29.3 Å². The third-order valence-corrected chi connectivity index (χ3v) is 3.23. The number of furan rings is 1. The van der Waals surface area contributed by atoms with Crippen LogP contribution in [-0.4, -0.2) is 23.8 Å². The van der Waals surface area contributed by atoms with Crippen LogP contribution >= 0.6 is 11.6 Å². The van der Waals surface area contributed by atoms with E-state index in [2.05, 4.69) is 16.2 Å². The van der Waals surface area contributed by atoms with Crippen molar-refractivity contribution in [3.8, 4) is 0 Å². The van der Waals surface area contributed by atoms with E-state index in [1.54, 1.807) is 30.3 Å². The van der Waals surface area contributed by atoms with Gasteiger partial charge in [0, 0.05) is 0 Å². The lowest BCUT2D eigenvalue weighted by Crippen LogP contribution is -2.51. The molecule has 0 aliphatic heterocycles. The molecule has 1 unspecified atom stereocenters. The molecule has 0 aliphatic carbocycles. The van der Waals surface area contributed by atoms with E-state index in [-0.39, 0.29) is 16.3 Å². The highest BCUT2D eigenvalue weighted by Gasteiger charge is 2.19. The average Bonchev–Trinajstić information content (AvgIpc) is 3.07. The van der Waals surface area contributed by atoms with Crippen molar-refractivity contribution in [2.75, 3.05) is 0 Å². The van der Waals surface area contributed by atoms with Gasteiger partial charge in [0.25, 0.3) is 11.8 Å². The lowest BCUT2D eigenvalue weighted by atomic mass is 10.2. The molecule has 7 nitrogen and oxygen atoms in total. The van der Waals surface area contributed by atoms with Crippen molar-refractivity contribution in [1.82, 2.24) is 16.2 Å². The maximum Gasteiger partial charge on any atom is 0.305 e. The van der Waals surface area contributed by atoms with E-state index < -0.39 is 23.8 Å². The minimum absolute atomic E-state index is 0.0538. The second-order valence-corrected chi connectivity index (χ2v) is 5.00.